The van der Waals surface area contributed by atoms with Crippen molar-refractivity contribution in [2.45, 2.75) is 52.4 Å². The lowest BCUT2D eigenvalue weighted by Gasteiger charge is -2.08. The molecule has 0 unspecified atom stereocenters. The number of rotatable bonds is 9. The van der Waals surface area contributed by atoms with Crippen LogP contribution < -0.4 is 5.32 Å². The van der Waals surface area contributed by atoms with Crippen LogP contribution in [0.1, 0.15) is 51.0 Å². The quantitative estimate of drug-likeness (QED) is 0.401. The lowest BCUT2D eigenvalue weighted by atomic mass is 10.1. The van der Waals surface area contributed by atoms with Crippen LogP contribution in [-0.2, 0) is 0 Å². The number of nitrogens with one attached hydrogen (secondary N) is 1. The van der Waals surface area contributed by atoms with Gasteiger partial charge in [0.2, 0.25) is 0 Å². The van der Waals surface area contributed by atoms with Gasteiger partial charge in [0.15, 0.2) is 0 Å². The molecule has 20 heavy (non-hydrogen) atoms. The van der Waals surface area contributed by atoms with Crippen LogP contribution in [0.3, 0.4) is 0 Å². The molecule has 0 amide bonds. The van der Waals surface area contributed by atoms with Crippen LogP contribution in [0.2, 0.25) is 0 Å². The Morgan fingerprint density at radius 3 is 2.50 bits per heavy atom. The smallest absolute Gasteiger partial charge is 0.295 e. The van der Waals surface area contributed by atoms with Gasteiger partial charge in [-0.15, -0.1) is 0 Å². The van der Waals surface area contributed by atoms with Gasteiger partial charge >= 0.3 is 0 Å². The zero-order valence-electron chi connectivity index (χ0n) is 12.2. The maximum atomic E-state index is 13.3. The molecule has 0 bridgehead atoms. The highest BCUT2D eigenvalue weighted by Gasteiger charge is 2.16. The van der Waals surface area contributed by atoms with Gasteiger partial charge in [-0.1, -0.05) is 39.0 Å². The van der Waals surface area contributed by atoms with Gasteiger partial charge in [0.25, 0.3) is 5.69 Å². The van der Waals surface area contributed by atoms with Crippen LogP contribution in [0.4, 0.5) is 15.8 Å². The summed E-state index contributed by atoms with van der Waals surface area (Å²) in [5, 5.41) is 13.9. The Morgan fingerprint density at radius 1 is 1.20 bits per heavy atom. The lowest BCUT2D eigenvalue weighted by Crippen LogP contribution is -2.05. The van der Waals surface area contributed by atoms with E-state index in [2.05, 4.69) is 12.2 Å². The first-order valence-electron chi connectivity index (χ1n) is 7.24. The topological polar surface area (TPSA) is 55.2 Å². The third-order valence-corrected chi connectivity index (χ3v) is 3.32. The number of nitro benzene ring substituents is 1. The largest absolute Gasteiger partial charge is 0.379 e. The summed E-state index contributed by atoms with van der Waals surface area (Å²) in [5.74, 6) is -0.540. The summed E-state index contributed by atoms with van der Waals surface area (Å²) in [6, 6.07) is 2.49. The van der Waals surface area contributed by atoms with E-state index in [9.17, 15) is 14.5 Å². The molecule has 0 aromatic heterocycles. The van der Waals surface area contributed by atoms with Crippen LogP contribution in [0.5, 0.6) is 0 Å². The van der Waals surface area contributed by atoms with Crippen molar-refractivity contribution in [2.24, 2.45) is 0 Å². The van der Waals surface area contributed by atoms with Crippen LogP contribution in [0, 0.1) is 22.9 Å². The molecule has 0 fully saturated rings. The molecule has 1 aromatic carbocycles. The summed E-state index contributed by atoms with van der Waals surface area (Å²) < 4.78 is 13.3. The van der Waals surface area contributed by atoms with E-state index in [-0.39, 0.29) is 5.69 Å². The number of anilines is 1. The molecule has 5 heteroatoms. The first-order chi connectivity index (χ1) is 9.56. The maximum absolute atomic E-state index is 13.3. The van der Waals surface area contributed by atoms with Gasteiger partial charge in [0.1, 0.15) is 11.5 Å². The molecule has 0 saturated heterocycles. The molecule has 0 atom stereocenters. The average molecular weight is 282 g/mol. The van der Waals surface area contributed by atoms with Gasteiger partial charge in [-0.25, -0.2) is 4.39 Å². The highest BCUT2D eigenvalue weighted by atomic mass is 19.1. The Balaban J connectivity index is 2.47. The van der Waals surface area contributed by atoms with E-state index in [1.807, 2.05) is 0 Å². The number of hydrogen-bond donors (Lipinski definition) is 1. The van der Waals surface area contributed by atoms with E-state index >= 15 is 0 Å². The van der Waals surface area contributed by atoms with E-state index < -0.39 is 10.7 Å². The summed E-state index contributed by atoms with van der Waals surface area (Å²) in [5.41, 5.74) is 0.627. The van der Waals surface area contributed by atoms with Gasteiger partial charge < -0.3 is 5.32 Å². The third-order valence-electron chi connectivity index (χ3n) is 3.32. The molecule has 0 heterocycles. The second-order valence-corrected chi connectivity index (χ2v) is 5.07. The van der Waals surface area contributed by atoms with Gasteiger partial charge in [-0.3, -0.25) is 10.1 Å². The number of benzene rings is 1. The lowest BCUT2D eigenvalue weighted by molar-refractivity contribution is -0.384. The molecule has 0 saturated carbocycles. The molecule has 1 rings (SSSR count). The van der Waals surface area contributed by atoms with Gasteiger partial charge in [0.05, 0.1) is 11.0 Å². The van der Waals surface area contributed by atoms with Gasteiger partial charge in [-0.05, 0) is 25.0 Å². The Labute approximate surface area is 119 Å². The predicted octanol–water partition coefficient (Wildman–Crippen LogP) is 4.81. The molecule has 0 aliphatic carbocycles. The second kappa shape index (κ2) is 8.51. The summed E-state index contributed by atoms with van der Waals surface area (Å²) in [6.07, 6.45) is 7.00. The van der Waals surface area contributed by atoms with Gasteiger partial charge in [-0.2, -0.15) is 0 Å². The van der Waals surface area contributed by atoms with E-state index in [1.54, 1.807) is 6.92 Å². The summed E-state index contributed by atoms with van der Waals surface area (Å²) in [7, 11) is 0. The molecular formula is C15H23FN2O2. The van der Waals surface area contributed by atoms with Crippen molar-refractivity contribution >= 4 is 11.4 Å². The number of halogens is 1. The van der Waals surface area contributed by atoms with Crippen molar-refractivity contribution in [2.75, 3.05) is 11.9 Å². The minimum absolute atomic E-state index is 0.195. The maximum Gasteiger partial charge on any atom is 0.295 e. The number of nitrogens with zero attached hydrogens (tertiary/aromatic N) is 1. The minimum Gasteiger partial charge on any atom is -0.379 e. The highest BCUT2D eigenvalue weighted by molar-refractivity contribution is 5.63. The molecule has 0 radical (unpaired) electrons. The van der Waals surface area contributed by atoms with E-state index in [0.29, 0.717) is 17.8 Å². The van der Waals surface area contributed by atoms with Crippen molar-refractivity contribution < 1.29 is 9.31 Å². The summed E-state index contributed by atoms with van der Waals surface area (Å²) in [4.78, 5) is 10.3. The van der Waals surface area contributed by atoms with E-state index in [4.69, 9.17) is 0 Å². The first kappa shape index (κ1) is 16.4. The fourth-order valence-electron chi connectivity index (χ4n) is 2.09. The SMILES string of the molecule is CCCCCCCCNc1cc(C)c(F)cc1[N+](=O)[O-]. The van der Waals surface area contributed by atoms with Crippen molar-refractivity contribution in [3.63, 3.8) is 0 Å². The Morgan fingerprint density at radius 2 is 1.85 bits per heavy atom. The average Bonchev–Trinajstić information content (AvgIpc) is 2.41. The zero-order valence-corrected chi connectivity index (χ0v) is 12.2. The van der Waals surface area contributed by atoms with Crippen molar-refractivity contribution in [3.8, 4) is 0 Å². The summed E-state index contributed by atoms with van der Waals surface area (Å²) in [6.45, 7) is 4.46. The molecule has 0 aliphatic heterocycles. The number of unbranched alkanes of at least 4 members (excludes halogenated alkanes) is 5. The summed E-state index contributed by atoms with van der Waals surface area (Å²) >= 11 is 0. The number of aryl methyl sites for hydroxylation is 1. The van der Waals surface area contributed by atoms with Crippen LogP contribution >= 0.6 is 0 Å². The highest BCUT2D eigenvalue weighted by Crippen LogP contribution is 2.27. The van der Waals surface area contributed by atoms with E-state index in [1.165, 1.54) is 31.7 Å². The van der Waals surface area contributed by atoms with Crippen molar-refractivity contribution in [3.05, 3.63) is 33.6 Å². The first-order valence-corrected chi connectivity index (χ1v) is 7.24. The zero-order chi connectivity index (χ0) is 15.0. The second-order valence-electron chi connectivity index (χ2n) is 5.07. The van der Waals surface area contributed by atoms with Crippen molar-refractivity contribution in [1.82, 2.24) is 0 Å². The number of hydrogen-bond acceptors (Lipinski definition) is 3. The monoisotopic (exact) mass is 282 g/mol. The fourth-order valence-corrected chi connectivity index (χ4v) is 2.09. The molecule has 0 spiro atoms. The van der Waals surface area contributed by atoms with Crippen LogP contribution in [0.25, 0.3) is 0 Å². The van der Waals surface area contributed by atoms with Crippen LogP contribution in [-0.4, -0.2) is 11.5 Å². The Bertz CT molecular complexity index is 450. The van der Waals surface area contributed by atoms with Crippen LogP contribution in [0.15, 0.2) is 12.1 Å². The van der Waals surface area contributed by atoms with E-state index in [0.717, 1.165) is 18.9 Å². The normalized spacial score (nSPS) is 10.6. The fraction of sp³-hybridized carbons (Fsp3) is 0.600. The molecule has 112 valence electrons. The van der Waals surface area contributed by atoms with Gasteiger partial charge in [0, 0.05) is 6.54 Å². The molecular weight excluding hydrogens is 259 g/mol. The standard InChI is InChI=1S/C15H23FN2O2/c1-3-4-5-6-7-8-9-17-14-10-12(2)13(16)11-15(14)18(19)20/h10-11,17H,3-9H2,1-2H3. The third kappa shape index (κ3) is 5.15. The Kier molecular flexibility index (Phi) is 6.98. The Hall–Kier alpha value is -1.65. The molecule has 0 aliphatic rings. The molecule has 1 aromatic rings. The number of nitro groups is 1. The molecule has 1 N–H and O–H groups in total. The van der Waals surface area contributed by atoms with Crippen molar-refractivity contribution in [1.29, 1.82) is 0 Å². The predicted molar refractivity (Wildman–Crippen MR) is 79.7 cm³/mol. The minimum atomic E-state index is -0.550. The molecule has 4 nitrogen and oxygen atoms in total.